The molecule has 1 aromatic heterocycles. The number of aromatic nitrogens is 1. The zero-order valence-electron chi connectivity index (χ0n) is 15.0. The quantitative estimate of drug-likeness (QED) is 0.762. The molecule has 1 aliphatic heterocycles. The first-order valence-corrected chi connectivity index (χ1v) is 9.40. The summed E-state index contributed by atoms with van der Waals surface area (Å²) >= 11 is 0. The smallest absolute Gasteiger partial charge is 0.139 e. The summed E-state index contributed by atoms with van der Waals surface area (Å²) in [5, 5.41) is 0. The van der Waals surface area contributed by atoms with Crippen molar-refractivity contribution in [1.29, 1.82) is 0 Å². The predicted octanol–water partition coefficient (Wildman–Crippen LogP) is 4.63. The van der Waals surface area contributed by atoms with Gasteiger partial charge in [0.2, 0.25) is 0 Å². The van der Waals surface area contributed by atoms with Crippen LogP contribution in [0.15, 0.2) is 41.5 Å². The van der Waals surface area contributed by atoms with Crippen LogP contribution >= 0.6 is 0 Å². The molecular weight excluding hydrogens is 327 g/mol. The van der Waals surface area contributed by atoms with Gasteiger partial charge in [0.15, 0.2) is 0 Å². The van der Waals surface area contributed by atoms with Crippen LogP contribution in [0.2, 0.25) is 0 Å². The Bertz CT molecular complexity index is 853. The van der Waals surface area contributed by atoms with Crippen LogP contribution in [0.25, 0.3) is 0 Å². The maximum atomic E-state index is 13.0. The molecule has 2 heterocycles. The number of Topliss-reactive ketones (excluding diaryl/α,β-unsaturated/α-hetero) is 1. The van der Waals surface area contributed by atoms with Crippen LogP contribution in [-0.2, 0) is 17.8 Å². The Hall–Kier alpha value is -2.36. The van der Waals surface area contributed by atoms with E-state index in [4.69, 9.17) is 4.99 Å². The van der Waals surface area contributed by atoms with Crippen molar-refractivity contribution < 1.29 is 9.18 Å². The van der Waals surface area contributed by atoms with Crippen molar-refractivity contribution >= 4 is 11.5 Å². The number of pyridine rings is 1. The zero-order valence-corrected chi connectivity index (χ0v) is 15.0. The fourth-order valence-corrected chi connectivity index (χ4v) is 3.82. The average Bonchev–Trinajstić information content (AvgIpc) is 2.96. The molecule has 0 radical (unpaired) electrons. The first-order chi connectivity index (χ1) is 12.6. The minimum atomic E-state index is -0.252. The van der Waals surface area contributed by atoms with Crippen LogP contribution in [0.4, 0.5) is 4.39 Å². The largest absolute Gasteiger partial charge is 0.299 e. The predicted molar refractivity (Wildman–Crippen MR) is 100.0 cm³/mol. The van der Waals surface area contributed by atoms with Gasteiger partial charge in [0.05, 0.1) is 6.54 Å². The molecule has 4 rings (SSSR count). The van der Waals surface area contributed by atoms with Gasteiger partial charge in [-0.25, -0.2) is 4.39 Å². The first kappa shape index (κ1) is 17.1. The highest BCUT2D eigenvalue weighted by atomic mass is 19.1. The van der Waals surface area contributed by atoms with Gasteiger partial charge in [0.1, 0.15) is 11.6 Å². The van der Waals surface area contributed by atoms with Crippen molar-refractivity contribution in [2.75, 3.05) is 0 Å². The van der Waals surface area contributed by atoms with Crippen LogP contribution in [0.1, 0.15) is 60.9 Å². The third kappa shape index (κ3) is 3.46. The van der Waals surface area contributed by atoms with Crippen LogP contribution in [0, 0.1) is 11.7 Å². The highest BCUT2D eigenvalue weighted by molar-refractivity contribution is 6.05. The molecule has 1 aromatic carbocycles. The van der Waals surface area contributed by atoms with Crippen molar-refractivity contribution in [2.24, 2.45) is 10.9 Å². The number of carbonyl (C=O) groups excluding carboxylic acids is 1. The van der Waals surface area contributed by atoms with Crippen LogP contribution in [0.5, 0.6) is 0 Å². The number of fused-ring (bicyclic) bond motifs is 1. The summed E-state index contributed by atoms with van der Waals surface area (Å²) in [6, 6.07) is 8.43. The van der Waals surface area contributed by atoms with Crippen molar-refractivity contribution in [3.63, 3.8) is 0 Å². The van der Waals surface area contributed by atoms with Crippen molar-refractivity contribution in [3.8, 4) is 0 Å². The first-order valence-electron chi connectivity index (χ1n) is 9.40. The van der Waals surface area contributed by atoms with E-state index in [0.717, 1.165) is 17.8 Å². The van der Waals surface area contributed by atoms with E-state index in [1.807, 2.05) is 19.2 Å². The Kier molecular flexibility index (Phi) is 4.66. The maximum Gasteiger partial charge on any atom is 0.139 e. The number of aliphatic imine (C=N–C) groups is 1. The molecule has 3 nitrogen and oxygen atoms in total. The Morgan fingerprint density at radius 2 is 2.04 bits per heavy atom. The lowest BCUT2D eigenvalue weighted by Gasteiger charge is -2.25. The summed E-state index contributed by atoms with van der Waals surface area (Å²) in [6.45, 7) is 2.72. The second kappa shape index (κ2) is 7.10. The number of rotatable bonds is 6. The fourth-order valence-electron chi connectivity index (χ4n) is 3.82. The lowest BCUT2D eigenvalue weighted by molar-refractivity contribution is -0.118. The number of benzene rings is 1. The maximum absolute atomic E-state index is 13.0. The molecule has 1 fully saturated rings. The fraction of sp³-hybridized carbons (Fsp3) is 0.409. The Morgan fingerprint density at radius 3 is 2.73 bits per heavy atom. The van der Waals surface area contributed by atoms with E-state index in [-0.39, 0.29) is 17.5 Å². The van der Waals surface area contributed by atoms with E-state index >= 15 is 0 Å². The summed E-state index contributed by atoms with van der Waals surface area (Å²) in [6.07, 6.45) is 6.46. The lowest BCUT2D eigenvalue weighted by Crippen LogP contribution is -2.22. The molecule has 0 saturated heterocycles. The normalized spacial score (nSPS) is 17.4. The molecule has 0 amide bonds. The molecule has 0 bridgehead atoms. The molecule has 1 aliphatic carbocycles. The molecule has 1 atom stereocenters. The number of hydrogen-bond acceptors (Lipinski definition) is 3. The molecule has 2 aliphatic rings. The van der Waals surface area contributed by atoms with Gasteiger partial charge in [-0.1, -0.05) is 25.5 Å². The number of halogens is 1. The minimum Gasteiger partial charge on any atom is -0.299 e. The number of ketones is 1. The van der Waals surface area contributed by atoms with E-state index in [0.29, 0.717) is 18.8 Å². The zero-order chi connectivity index (χ0) is 18.1. The van der Waals surface area contributed by atoms with Gasteiger partial charge in [0, 0.05) is 41.9 Å². The average molecular weight is 350 g/mol. The van der Waals surface area contributed by atoms with Gasteiger partial charge in [-0.2, -0.15) is 0 Å². The number of hydrogen-bond donors (Lipinski definition) is 0. The molecule has 2 aromatic rings. The minimum absolute atomic E-state index is 0.0751. The van der Waals surface area contributed by atoms with Crippen molar-refractivity contribution in [1.82, 2.24) is 4.98 Å². The standard InChI is InChI=1S/C22H23FN2O/c1-14(15-5-7-18(23)8-6-15)9-20(26)11-19-10-17-12-25-22(16-3-2-4-16)21(17)13-24-19/h5-8,10,13-14,16H,2-4,9,11-12H2,1H3/t14-/m0/s1. The Morgan fingerprint density at radius 1 is 1.27 bits per heavy atom. The van der Waals surface area contributed by atoms with Crippen molar-refractivity contribution in [3.05, 3.63) is 64.7 Å². The van der Waals surface area contributed by atoms with E-state index in [1.54, 1.807) is 12.1 Å². The number of carbonyl (C=O) groups is 1. The van der Waals surface area contributed by atoms with Crippen molar-refractivity contribution in [2.45, 2.75) is 51.5 Å². The lowest BCUT2D eigenvalue weighted by atomic mass is 9.79. The van der Waals surface area contributed by atoms with Gasteiger partial charge in [-0.15, -0.1) is 0 Å². The highest BCUT2D eigenvalue weighted by Gasteiger charge is 2.29. The molecule has 0 spiro atoms. The van der Waals surface area contributed by atoms with E-state index in [2.05, 4.69) is 4.98 Å². The molecule has 134 valence electrons. The Balaban J connectivity index is 1.38. The summed E-state index contributed by atoms with van der Waals surface area (Å²) in [4.78, 5) is 21.7. The molecule has 0 unspecified atom stereocenters. The van der Waals surface area contributed by atoms with Gasteiger partial charge in [-0.05, 0) is 48.1 Å². The molecule has 0 N–H and O–H groups in total. The SMILES string of the molecule is C[C@@H](CC(=O)Cc1cc2c(cn1)C(C1CCC1)=NC2)c1ccc(F)cc1. The van der Waals surface area contributed by atoms with Crippen LogP contribution < -0.4 is 0 Å². The molecular formula is C22H23FN2O. The topological polar surface area (TPSA) is 42.3 Å². The second-order valence-electron chi connectivity index (χ2n) is 7.53. The molecule has 26 heavy (non-hydrogen) atoms. The summed E-state index contributed by atoms with van der Waals surface area (Å²) in [5.41, 5.74) is 5.42. The van der Waals surface area contributed by atoms with Gasteiger partial charge < -0.3 is 0 Å². The van der Waals surface area contributed by atoms with Gasteiger partial charge in [0.25, 0.3) is 0 Å². The van der Waals surface area contributed by atoms with E-state index in [1.165, 1.54) is 48.2 Å². The van der Waals surface area contributed by atoms with Gasteiger partial charge in [-0.3, -0.25) is 14.8 Å². The van der Waals surface area contributed by atoms with Gasteiger partial charge >= 0.3 is 0 Å². The number of nitrogens with zero attached hydrogens (tertiary/aromatic N) is 2. The third-order valence-corrected chi connectivity index (χ3v) is 5.59. The third-order valence-electron chi connectivity index (χ3n) is 5.59. The monoisotopic (exact) mass is 350 g/mol. The summed E-state index contributed by atoms with van der Waals surface area (Å²) < 4.78 is 13.0. The van der Waals surface area contributed by atoms with E-state index in [9.17, 15) is 9.18 Å². The van der Waals surface area contributed by atoms with E-state index < -0.39 is 0 Å². The summed E-state index contributed by atoms with van der Waals surface area (Å²) in [5.74, 6) is 0.596. The van der Waals surface area contributed by atoms with Crippen LogP contribution in [0.3, 0.4) is 0 Å². The molecule has 1 saturated carbocycles. The highest BCUT2D eigenvalue weighted by Crippen LogP contribution is 2.34. The summed E-state index contributed by atoms with van der Waals surface area (Å²) in [7, 11) is 0. The van der Waals surface area contributed by atoms with Crippen LogP contribution in [-0.4, -0.2) is 16.5 Å². The Labute approximate surface area is 153 Å². The second-order valence-corrected chi connectivity index (χ2v) is 7.53. The molecule has 4 heteroatoms.